The van der Waals surface area contributed by atoms with Gasteiger partial charge in [0.15, 0.2) is 12.2 Å². The molecule has 0 saturated carbocycles. The maximum Gasteiger partial charge on any atom is 0.412 e. The normalized spacial score (nSPS) is 25.3. The molecule has 2 heterocycles. The first-order valence-electron chi connectivity index (χ1n) is 8.93. The third kappa shape index (κ3) is 4.48. The maximum absolute atomic E-state index is 12.3. The zero-order valence-corrected chi connectivity index (χ0v) is 16.6. The highest BCUT2D eigenvalue weighted by molar-refractivity contribution is 6.42. The van der Waals surface area contributed by atoms with Gasteiger partial charge in [-0.1, -0.05) is 41.4 Å². The van der Waals surface area contributed by atoms with E-state index in [0.29, 0.717) is 21.3 Å². The monoisotopic (exact) mass is 437 g/mol. The van der Waals surface area contributed by atoms with Crippen molar-refractivity contribution in [1.29, 1.82) is 0 Å². The number of carbonyl (C=O) groups is 2. The Kier molecular flexibility index (Phi) is 5.91. The van der Waals surface area contributed by atoms with Gasteiger partial charge >= 0.3 is 12.1 Å². The summed E-state index contributed by atoms with van der Waals surface area (Å²) in [7, 11) is 0. The van der Waals surface area contributed by atoms with Crippen LogP contribution in [0.4, 0.5) is 10.5 Å². The molecule has 7 nitrogen and oxygen atoms in total. The molecular formula is C20H17Cl2NO6. The Morgan fingerprint density at radius 3 is 2.21 bits per heavy atom. The fourth-order valence-corrected chi connectivity index (χ4v) is 3.57. The predicted octanol–water partition coefficient (Wildman–Crippen LogP) is 3.93. The molecule has 152 valence electrons. The number of amides is 1. The molecule has 9 heteroatoms. The van der Waals surface area contributed by atoms with Crippen LogP contribution in [0.2, 0.25) is 10.0 Å². The van der Waals surface area contributed by atoms with Gasteiger partial charge in [0.25, 0.3) is 0 Å². The third-order valence-corrected chi connectivity index (χ3v) is 5.39. The molecule has 2 aromatic carbocycles. The number of nitrogens with one attached hydrogen (secondary N) is 1. The van der Waals surface area contributed by atoms with Crippen LogP contribution in [0.1, 0.15) is 10.4 Å². The van der Waals surface area contributed by atoms with Crippen molar-refractivity contribution < 1.29 is 28.5 Å². The van der Waals surface area contributed by atoms with E-state index in [1.165, 1.54) is 6.07 Å². The number of rotatable bonds is 4. The summed E-state index contributed by atoms with van der Waals surface area (Å²) in [6, 6.07) is 13.4. The first-order chi connectivity index (χ1) is 14.0. The van der Waals surface area contributed by atoms with Crippen LogP contribution >= 0.6 is 23.2 Å². The lowest BCUT2D eigenvalue weighted by atomic mass is 10.1. The van der Waals surface area contributed by atoms with E-state index in [9.17, 15) is 9.59 Å². The Bertz CT molecular complexity index is 909. The van der Waals surface area contributed by atoms with E-state index in [2.05, 4.69) is 5.32 Å². The van der Waals surface area contributed by atoms with Crippen molar-refractivity contribution in [2.45, 2.75) is 24.4 Å². The zero-order chi connectivity index (χ0) is 20.4. The summed E-state index contributed by atoms with van der Waals surface area (Å²) in [6.45, 7) is 0.311. The number of anilines is 1. The number of hydrogen-bond donors (Lipinski definition) is 1. The Morgan fingerprint density at radius 2 is 1.55 bits per heavy atom. The quantitative estimate of drug-likeness (QED) is 0.729. The van der Waals surface area contributed by atoms with Crippen LogP contribution in [-0.4, -0.2) is 49.7 Å². The average molecular weight is 438 g/mol. The molecule has 2 saturated heterocycles. The van der Waals surface area contributed by atoms with Crippen LogP contribution in [0.15, 0.2) is 48.5 Å². The summed E-state index contributed by atoms with van der Waals surface area (Å²) < 4.78 is 22.3. The lowest BCUT2D eigenvalue weighted by Crippen LogP contribution is -2.36. The van der Waals surface area contributed by atoms with E-state index < -0.39 is 36.5 Å². The molecule has 1 amide bonds. The molecule has 4 atom stereocenters. The molecule has 0 bridgehead atoms. The topological polar surface area (TPSA) is 83.1 Å². The molecule has 0 spiro atoms. The Hall–Kier alpha value is -2.32. The molecule has 0 aromatic heterocycles. The van der Waals surface area contributed by atoms with E-state index in [-0.39, 0.29) is 13.2 Å². The van der Waals surface area contributed by atoms with Crippen molar-refractivity contribution in [2.24, 2.45) is 0 Å². The number of fused-ring (bicyclic) bond motifs is 1. The average Bonchev–Trinajstić information content (AvgIpc) is 3.29. The number of hydrogen-bond acceptors (Lipinski definition) is 6. The molecule has 0 unspecified atom stereocenters. The summed E-state index contributed by atoms with van der Waals surface area (Å²) >= 11 is 11.8. The molecular weight excluding hydrogens is 421 g/mol. The summed E-state index contributed by atoms with van der Waals surface area (Å²) in [6.07, 6.45) is -2.87. The minimum atomic E-state index is -0.675. The molecule has 2 aromatic rings. The van der Waals surface area contributed by atoms with Crippen molar-refractivity contribution in [3.05, 3.63) is 64.1 Å². The van der Waals surface area contributed by atoms with Gasteiger partial charge < -0.3 is 18.9 Å². The smallest absolute Gasteiger partial charge is 0.412 e. The van der Waals surface area contributed by atoms with Crippen molar-refractivity contribution in [3.8, 4) is 0 Å². The van der Waals surface area contributed by atoms with Crippen molar-refractivity contribution >= 4 is 41.0 Å². The van der Waals surface area contributed by atoms with Gasteiger partial charge in [-0.3, -0.25) is 5.32 Å². The SMILES string of the molecule is O=C(Nc1ccc(Cl)c(Cl)c1)O[C@H]1CO[C@H]2[C@@H]1OC[C@H]2OC(=O)c1ccccc1. The van der Waals surface area contributed by atoms with E-state index in [1.807, 2.05) is 6.07 Å². The summed E-state index contributed by atoms with van der Waals surface area (Å²) in [5.74, 6) is -0.454. The molecule has 0 aliphatic carbocycles. The van der Waals surface area contributed by atoms with Crippen molar-refractivity contribution in [1.82, 2.24) is 0 Å². The Balaban J connectivity index is 1.32. The van der Waals surface area contributed by atoms with Crippen LogP contribution in [0, 0.1) is 0 Å². The standard InChI is InChI=1S/C20H17Cl2NO6/c21-13-7-6-12(8-14(13)22)23-20(25)29-16-10-27-17-15(9-26-18(16)17)28-19(24)11-4-2-1-3-5-11/h1-8,15-18H,9-10H2,(H,23,25)/t15-,16+,17-,18-/m1/s1. The maximum atomic E-state index is 12.3. The number of esters is 1. The van der Waals surface area contributed by atoms with Gasteiger partial charge in [-0.25, -0.2) is 9.59 Å². The van der Waals surface area contributed by atoms with Gasteiger partial charge in [0.1, 0.15) is 12.2 Å². The molecule has 4 rings (SSSR count). The molecule has 2 aliphatic heterocycles. The number of benzene rings is 2. The van der Waals surface area contributed by atoms with Crippen molar-refractivity contribution in [3.63, 3.8) is 0 Å². The fourth-order valence-electron chi connectivity index (χ4n) is 3.27. The van der Waals surface area contributed by atoms with Crippen molar-refractivity contribution in [2.75, 3.05) is 18.5 Å². The largest absolute Gasteiger partial charge is 0.453 e. The predicted molar refractivity (Wildman–Crippen MR) is 105 cm³/mol. The number of halogens is 2. The van der Waals surface area contributed by atoms with Crippen LogP contribution in [-0.2, 0) is 18.9 Å². The number of carbonyl (C=O) groups excluding carboxylic acids is 2. The molecule has 0 radical (unpaired) electrons. The minimum Gasteiger partial charge on any atom is -0.453 e. The van der Waals surface area contributed by atoms with Crippen LogP contribution in [0.5, 0.6) is 0 Å². The first kappa shape index (κ1) is 20.0. The molecule has 1 N–H and O–H groups in total. The second kappa shape index (κ2) is 8.59. The second-order valence-electron chi connectivity index (χ2n) is 6.60. The highest BCUT2D eigenvalue weighted by Gasteiger charge is 2.51. The van der Waals surface area contributed by atoms with Gasteiger partial charge in [-0.05, 0) is 30.3 Å². The molecule has 29 heavy (non-hydrogen) atoms. The first-order valence-corrected chi connectivity index (χ1v) is 9.69. The molecule has 2 aliphatic rings. The lowest BCUT2D eigenvalue weighted by Gasteiger charge is -2.17. The lowest BCUT2D eigenvalue weighted by molar-refractivity contribution is -0.0221. The van der Waals surface area contributed by atoms with E-state index in [0.717, 1.165) is 0 Å². The van der Waals surface area contributed by atoms with E-state index in [4.69, 9.17) is 42.1 Å². The summed E-state index contributed by atoms with van der Waals surface area (Å²) in [5.41, 5.74) is 0.893. The minimum absolute atomic E-state index is 0.142. The Labute approximate surface area is 176 Å². The van der Waals surface area contributed by atoms with Gasteiger partial charge in [0, 0.05) is 5.69 Å². The van der Waals surface area contributed by atoms with E-state index >= 15 is 0 Å². The van der Waals surface area contributed by atoms with Gasteiger partial charge in [-0.15, -0.1) is 0 Å². The number of ether oxygens (including phenoxy) is 4. The van der Waals surface area contributed by atoms with Gasteiger partial charge in [0.05, 0.1) is 28.8 Å². The highest BCUT2D eigenvalue weighted by atomic mass is 35.5. The zero-order valence-electron chi connectivity index (χ0n) is 15.0. The van der Waals surface area contributed by atoms with E-state index in [1.54, 1.807) is 36.4 Å². The Morgan fingerprint density at radius 1 is 0.897 bits per heavy atom. The van der Waals surface area contributed by atoms with Crippen LogP contribution < -0.4 is 5.32 Å². The summed E-state index contributed by atoms with van der Waals surface area (Å²) in [5, 5.41) is 3.28. The van der Waals surface area contributed by atoms with Crippen LogP contribution in [0.3, 0.4) is 0 Å². The van der Waals surface area contributed by atoms with Gasteiger partial charge in [-0.2, -0.15) is 0 Å². The second-order valence-corrected chi connectivity index (χ2v) is 7.42. The van der Waals surface area contributed by atoms with Crippen LogP contribution in [0.25, 0.3) is 0 Å². The highest BCUT2D eigenvalue weighted by Crippen LogP contribution is 2.31. The fraction of sp³-hybridized carbons (Fsp3) is 0.300. The summed E-state index contributed by atoms with van der Waals surface area (Å²) in [4.78, 5) is 24.4. The van der Waals surface area contributed by atoms with Gasteiger partial charge in [0.2, 0.25) is 0 Å². The molecule has 2 fully saturated rings. The third-order valence-electron chi connectivity index (χ3n) is 4.65.